The summed E-state index contributed by atoms with van der Waals surface area (Å²) < 4.78 is 0. The lowest BCUT2D eigenvalue weighted by Gasteiger charge is -2.06. The average Bonchev–Trinajstić information content (AvgIpc) is 2.74. The van der Waals surface area contributed by atoms with Gasteiger partial charge in [0, 0.05) is 30.9 Å². The molecule has 1 saturated heterocycles. The molecule has 2 heterocycles. The van der Waals surface area contributed by atoms with E-state index in [0.717, 1.165) is 11.6 Å². The van der Waals surface area contributed by atoms with Gasteiger partial charge in [0.2, 0.25) is 0 Å². The summed E-state index contributed by atoms with van der Waals surface area (Å²) in [5, 5.41) is 12.0. The molecule has 1 aromatic rings. The van der Waals surface area contributed by atoms with Gasteiger partial charge in [-0.15, -0.1) is 11.3 Å². The van der Waals surface area contributed by atoms with E-state index in [-0.39, 0.29) is 6.61 Å². The fourth-order valence-corrected chi connectivity index (χ4v) is 2.77. The van der Waals surface area contributed by atoms with Crippen LogP contribution >= 0.6 is 11.3 Å². The van der Waals surface area contributed by atoms with Crippen LogP contribution in [0.1, 0.15) is 23.0 Å². The van der Waals surface area contributed by atoms with Crippen LogP contribution in [0.5, 0.6) is 0 Å². The Kier molecular flexibility index (Phi) is 3.15. The van der Waals surface area contributed by atoms with Gasteiger partial charge in [-0.2, -0.15) is 0 Å². The van der Waals surface area contributed by atoms with Crippen molar-refractivity contribution in [2.75, 3.05) is 26.7 Å². The number of aliphatic hydroxyl groups is 1. The first-order valence-corrected chi connectivity index (χ1v) is 5.91. The topological polar surface area (TPSA) is 36.4 Å². The molecule has 4 heteroatoms. The number of aromatic nitrogens is 1. The van der Waals surface area contributed by atoms with Gasteiger partial charge in [-0.25, -0.2) is 4.98 Å². The van der Waals surface area contributed by atoms with E-state index >= 15 is 0 Å². The van der Waals surface area contributed by atoms with Gasteiger partial charge >= 0.3 is 0 Å². The van der Waals surface area contributed by atoms with Crippen molar-refractivity contribution in [3.63, 3.8) is 0 Å². The van der Waals surface area contributed by atoms with E-state index in [2.05, 4.69) is 22.3 Å². The zero-order chi connectivity index (χ0) is 9.97. The minimum atomic E-state index is 0.206. The molecule has 78 valence electrons. The van der Waals surface area contributed by atoms with Crippen LogP contribution in [-0.2, 0) is 6.42 Å². The highest BCUT2D eigenvalue weighted by Crippen LogP contribution is 2.27. The van der Waals surface area contributed by atoms with E-state index in [4.69, 9.17) is 5.11 Å². The standard InChI is InChI=1S/C10H16N2OS/c1-12-4-2-8(6-12)9-7-14-10(11-9)3-5-13/h7-8,13H,2-6H2,1H3. The number of aliphatic hydroxyl groups excluding tert-OH is 1. The van der Waals surface area contributed by atoms with Gasteiger partial charge < -0.3 is 10.0 Å². The van der Waals surface area contributed by atoms with Crippen LogP contribution in [0.25, 0.3) is 0 Å². The summed E-state index contributed by atoms with van der Waals surface area (Å²) in [6, 6.07) is 0. The molecule has 1 aliphatic heterocycles. The Morgan fingerprint density at radius 3 is 3.21 bits per heavy atom. The molecule has 3 nitrogen and oxygen atoms in total. The Bertz CT molecular complexity index is 300. The van der Waals surface area contributed by atoms with Crippen molar-refractivity contribution in [3.05, 3.63) is 16.1 Å². The van der Waals surface area contributed by atoms with Crippen LogP contribution in [0.2, 0.25) is 0 Å². The first-order valence-electron chi connectivity index (χ1n) is 5.03. The lowest BCUT2D eigenvalue weighted by atomic mass is 10.1. The molecule has 0 aliphatic carbocycles. The van der Waals surface area contributed by atoms with Crippen molar-refractivity contribution in [3.8, 4) is 0 Å². The molecule has 1 aromatic heterocycles. The summed E-state index contributed by atoms with van der Waals surface area (Å²) >= 11 is 1.67. The predicted molar refractivity (Wildman–Crippen MR) is 57.8 cm³/mol. The van der Waals surface area contributed by atoms with E-state index < -0.39 is 0 Å². The summed E-state index contributed by atoms with van der Waals surface area (Å²) in [5.41, 5.74) is 1.22. The smallest absolute Gasteiger partial charge is 0.0951 e. The number of hydrogen-bond donors (Lipinski definition) is 1. The van der Waals surface area contributed by atoms with E-state index in [1.807, 2.05) is 0 Å². The molecule has 0 amide bonds. The molecular formula is C10H16N2OS. The zero-order valence-electron chi connectivity index (χ0n) is 8.44. The Morgan fingerprint density at radius 1 is 1.71 bits per heavy atom. The third kappa shape index (κ3) is 2.13. The minimum Gasteiger partial charge on any atom is -0.396 e. The van der Waals surface area contributed by atoms with Crippen LogP contribution in [0, 0.1) is 0 Å². The predicted octanol–water partition coefficient (Wildman–Crippen LogP) is 1.10. The number of nitrogens with zero attached hydrogens (tertiary/aromatic N) is 2. The van der Waals surface area contributed by atoms with Gasteiger partial charge in [-0.3, -0.25) is 0 Å². The van der Waals surface area contributed by atoms with Crippen LogP contribution in [0.4, 0.5) is 0 Å². The van der Waals surface area contributed by atoms with Gasteiger partial charge in [-0.1, -0.05) is 0 Å². The highest BCUT2D eigenvalue weighted by atomic mass is 32.1. The Balaban J connectivity index is 2.02. The molecule has 1 fully saturated rings. The summed E-state index contributed by atoms with van der Waals surface area (Å²) in [7, 11) is 2.15. The molecule has 0 saturated carbocycles. The number of likely N-dealkylation sites (N-methyl/N-ethyl adjacent to an activating group) is 1. The van der Waals surface area contributed by atoms with E-state index in [1.165, 1.54) is 18.7 Å². The lowest BCUT2D eigenvalue weighted by molar-refractivity contribution is 0.299. The Morgan fingerprint density at radius 2 is 2.57 bits per heavy atom. The quantitative estimate of drug-likeness (QED) is 0.815. The molecule has 14 heavy (non-hydrogen) atoms. The third-order valence-corrected chi connectivity index (χ3v) is 3.63. The molecule has 1 N–H and O–H groups in total. The number of thiazole rings is 1. The Hall–Kier alpha value is -0.450. The van der Waals surface area contributed by atoms with Crippen molar-refractivity contribution in [2.24, 2.45) is 0 Å². The summed E-state index contributed by atoms with van der Waals surface area (Å²) in [6.45, 7) is 2.51. The molecule has 2 rings (SSSR count). The fraction of sp³-hybridized carbons (Fsp3) is 0.700. The lowest BCUT2D eigenvalue weighted by Crippen LogP contribution is -2.13. The summed E-state index contributed by atoms with van der Waals surface area (Å²) in [4.78, 5) is 6.89. The number of hydrogen-bond acceptors (Lipinski definition) is 4. The van der Waals surface area contributed by atoms with Crippen LogP contribution < -0.4 is 0 Å². The number of rotatable bonds is 3. The van der Waals surface area contributed by atoms with E-state index in [1.54, 1.807) is 11.3 Å². The molecule has 1 atom stereocenters. The van der Waals surface area contributed by atoms with E-state index in [0.29, 0.717) is 12.3 Å². The van der Waals surface area contributed by atoms with Gasteiger partial charge in [0.05, 0.1) is 10.7 Å². The zero-order valence-corrected chi connectivity index (χ0v) is 9.26. The van der Waals surface area contributed by atoms with Crippen LogP contribution in [0.3, 0.4) is 0 Å². The minimum absolute atomic E-state index is 0.206. The highest BCUT2D eigenvalue weighted by Gasteiger charge is 2.22. The van der Waals surface area contributed by atoms with Crippen molar-refractivity contribution in [1.29, 1.82) is 0 Å². The molecule has 0 radical (unpaired) electrons. The molecule has 0 bridgehead atoms. The van der Waals surface area contributed by atoms with Crippen molar-refractivity contribution < 1.29 is 5.11 Å². The fourth-order valence-electron chi connectivity index (χ4n) is 1.90. The third-order valence-electron chi connectivity index (χ3n) is 2.70. The van der Waals surface area contributed by atoms with Gasteiger partial charge in [0.1, 0.15) is 0 Å². The maximum Gasteiger partial charge on any atom is 0.0951 e. The van der Waals surface area contributed by atoms with Crippen molar-refractivity contribution >= 4 is 11.3 Å². The van der Waals surface area contributed by atoms with Crippen molar-refractivity contribution in [1.82, 2.24) is 9.88 Å². The second-order valence-electron chi connectivity index (χ2n) is 3.89. The maximum absolute atomic E-state index is 8.79. The van der Waals surface area contributed by atoms with Gasteiger partial charge in [0.25, 0.3) is 0 Å². The maximum atomic E-state index is 8.79. The SMILES string of the molecule is CN1CCC(c2csc(CCO)n2)C1. The first kappa shape index (κ1) is 10.1. The summed E-state index contributed by atoms with van der Waals surface area (Å²) in [6.07, 6.45) is 1.92. The van der Waals surface area contributed by atoms with E-state index in [9.17, 15) is 0 Å². The average molecular weight is 212 g/mol. The van der Waals surface area contributed by atoms with Crippen molar-refractivity contribution in [2.45, 2.75) is 18.8 Å². The normalized spacial score (nSPS) is 23.1. The summed E-state index contributed by atoms with van der Waals surface area (Å²) in [5.74, 6) is 0.615. The molecular weight excluding hydrogens is 196 g/mol. The molecule has 1 aliphatic rings. The monoisotopic (exact) mass is 212 g/mol. The highest BCUT2D eigenvalue weighted by molar-refractivity contribution is 7.09. The first-order chi connectivity index (χ1) is 6.79. The number of likely N-dealkylation sites (tertiary alicyclic amines) is 1. The second-order valence-corrected chi connectivity index (χ2v) is 4.83. The van der Waals surface area contributed by atoms with Gasteiger partial charge in [-0.05, 0) is 20.0 Å². The van der Waals surface area contributed by atoms with Crippen LogP contribution in [-0.4, -0.2) is 41.7 Å². The molecule has 0 aromatic carbocycles. The molecule has 1 unspecified atom stereocenters. The second kappa shape index (κ2) is 4.38. The van der Waals surface area contributed by atoms with Crippen LogP contribution in [0.15, 0.2) is 5.38 Å². The molecule has 0 spiro atoms. The van der Waals surface area contributed by atoms with Gasteiger partial charge in [0.15, 0.2) is 0 Å². The largest absolute Gasteiger partial charge is 0.396 e. The Labute approximate surface area is 88.4 Å².